The summed E-state index contributed by atoms with van der Waals surface area (Å²) in [5, 5.41) is 7.22. The van der Waals surface area contributed by atoms with Crippen molar-refractivity contribution in [3.05, 3.63) is 29.3 Å². The zero-order valence-electron chi connectivity index (χ0n) is 8.63. The average Bonchev–Trinajstić information content (AvgIpc) is 2.11. The summed E-state index contributed by atoms with van der Waals surface area (Å²) in [6.07, 6.45) is 0. The number of benzene rings is 1. The molecule has 1 rings (SSSR count). The summed E-state index contributed by atoms with van der Waals surface area (Å²) in [4.78, 5) is 0. The fraction of sp³-hybridized carbons (Fsp3) is 0.333. The quantitative estimate of drug-likeness (QED) is 0.836. The van der Waals surface area contributed by atoms with Crippen molar-refractivity contribution in [2.24, 2.45) is 5.14 Å². The molecule has 0 saturated carbocycles. The highest BCUT2D eigenvalue weighted by atomic mass is 32.2. The molecule has 0 aliphatic heterocycles. The van der Waals surface area contributed by atoms with Crippen molar-refractivity contribution in [2.45, 2.75) is 6.92 Å². The number of primary sulfonamides is 1. The second kappa shape index (κ2) is 4.75. The molecule has 3 N–H and O–H groups in total. The van der Waals surface area contributed by atoms with Crippen LogP contribution in [0.3, 0.4) is 0 Å². The Morgan fingerprint density at radius 1 is 1.31 bits per heavy atom. The predicted octanol–water partition coefficient (Wildman–Crippen LogP) is 0.974. The minimum Gasteiger partial charge on any atom is -0.382 e. The lowest BCUT2D eigenvalue weighted by Crippen LogP contribution is -2.22. The van der Waals surface area contributed by atoms with E-state index in [9.17, 15) is 17.2 Å². The largest absolute Gasteiger partial charge is 0.382 e. The van der Waals surface area contributed by atoms with E-state index in [1.807, 2.05) is 0 Å². The van der Waals surface area contributed by atoms with Crippen LogP contribution in [-0.2, 0) is 10.0 Å². The van der Waals surface area contributed by atoms with Crippen molar-refractivity contribution in [3.8, 4) is 0 Å². The maximum atomic E-state index is 13.2. The summed E-state index contributed by atoms with van der Waals surface area (Å²) in [6.45, 7) is 1.37. The van der Waals surface area contributed by atoms with Crippen LogP contribution in [0.25, 0.3) is 0 Å². The van der Waals surface area contributed by atoms with Crippen LogP contribution in [0.1, 0.15) is 5.56 Å². The van der Waals surface area contributed by atoms with Crippen LogP contribution in [0.15, 0.2) is 12.1 Å². The van der Waals surface area contributed by atoms with E-state index in [0.29, 0.717) is 0 Å². The molecule has 4 nitrogen and oxygen atoms in total. The van der Waals surface area contributed by atoms with Crippen molar-refractivity contribution < 1.29 is 17.2 Å². The number of hydrogen-bond donors (Lipinski definition) is 2. The molecule has 0 heterocycles. The molecule has 16 heavy (non-hydrogen) atoms. The lowest BCUT2D eigenvalue weighted by molar-refractivity contribution is 0.593. The molecule has 0 atom stereocenters. The molecule has 0 bridgehead atoms. The van der Waals surface area contributed by atoms with Gasteiger partial charge in [0.2, 0.25) is 10.0 Å². The molecule has 0 fully saturated rings. The molecule has 0 aliphatic carbocycles. The number of anilines is 1. The van der Waals surface area contributed by atoms with E-state index in [2.05, 4.69) is 5.32 Å². The standard InChI is InChI=1S/C9H12F2N2O2S/c1-6-4-8(11)9(5-7(6)10)13-2-3-16(12,14)15/h4-5,13H,2-3H2,1H3,(H2,12,14,15). The first-order valence-electron chi connectivity index (χ1n) is 4.49. The van der Waals surface area contributed by atoms with Gasteiger partial charge in [-0.2, -0.15) is 0 Å². The Balaban J connectivity index is 2.71. The summed E-state index contributed by atoms with van der Waals surface area (Å²) in [6, 6.07) is 2.02. The lowest BCUT2D eigenvalue weighted by atomic mass is 10.2. The SMILES string of the molecule is Cc1cc(F)c(NCCS(N)(=O)=O)cc1F. The van der Waals surface area contributed by atoms with Gasteiger partial charge in [-0.05, 0) is 18.6 Å². The van der Waals surface area contributed by atoms with Crippen molar-refractivity contribution in [3.63, 3.8) is 0 Å². The number of nitrogens with two attached hydrogens (primary N) is 1. The third kappa shape index (κ3) is 3.74. The smallest absolute Gasteiger partial charge is 0.210 e. The van der Waals surface area contributed by atoms with Gasteiger partial charge >= 0.3 is 0 Å². The van der Waals surface area contributed by atoms with Gasteiger partial charge in [-0.25, -0.2) is 22.3 Å². The predicted molar refractivity (Wildman–Crippen MR) is 57.6 cm³/mol. The Kier molecular flexibility index (Phi) is 3.82. The average molecular weight is 250 g/mol. The molecule has 0 radical (unpaired) electrons. The Labute approximate surface area is 92.5 Å². The summed E-state index contributed by atoms with van der Waals surface area (Å²) in [5.74, 6) is -1.53. The van der Waals surface area contributed by atoms with Crippen molar-refractivity contribution in [2.75, 3.05) is 17.6 Å². The van der Waals surface area contributed by atoms with Crippen LogP contribution in [0.2, 0.25) is 0 Å². The lowest BCUT2D eigenvalue weighted by Gasteiger charge is -2.08. The molecule has 0 amide bonds. The molecule has 0 aliphatic rings. The molecule has 7 heteroatoms. The van der Waals surface area contributed by atoms with Crippen molar-refractivity contribution >= 4 is 15.7 Å². The molecule has 90 valence electrons. The highest BCUT2D eigenvalue weighted by Crippen LogP contribution is 2.18. The van der Waals surface area contributed by atoms with E-state index in [4.69, 9.17) is 5.14 Å². The van der Waals surface area contributed by atoms with E-state index in [1.165, 1.54) is 6.92 Å². The van der Waals surface area contributed by atoms with Gasteiger partial charge in [-0.15, -0.1) is 0 Å². The normalized spacial score (nSPS) is 11.5. The van der Waals surface area contributed by atoms with Crippen LogP contribution >= 0.6 is 0 Å². The molecule has 1 aromatic carbocycles. The van der Waals surface area contributed by atoms with E-state index in [-0.39, 0.29) is 23.5 Å². The first kappa shape index (κ1) is 12.9. The Hall–Kier alpha value is -1.21. The van der Waals surface area contributed by atoms with Crippen LogP contribution < -0.4 is 10.5 Å². The number of halogens is 2. The molecule has 0 unspecified atom stereocenters. The van der Waals surface area contributed by atoms with Crippen LogP contribution in [0, 0.1) is 18.6 Å². The monoisotopic (exact) mass is 250 g/mol. The number of rotatable bonds is 4. The van der Waals surface area contributed by atoms with E-state index in [1.54, 1.807) is 0 Å². The topological polar surface area (TPSA) is 72.2 Å². The van der Waals surface area contributed by atoms with E-state index in [0.717, 1.165) is 12.1 Å². The summed E-state index contributed by atoms with van der Waals surface area (Å²) < 4.78 is 47.5. The summed E-state index contributed by atoms with van der Waals surface area (Å²) in [5.41, 5.74) is 0.112. The van der Waals surface area contributed by atoms with Gasteiger partial charge in [0.05, 0.1) is 11.4 Å². The van der Waals surface area contributed by atoms with Crippen LogP contribution in [0.5, 0.6) is 0 Å². The van der Waals surface area contributed by atoms with Crippen LogP contribution in [0.4, 0.5) is 14.5 Å². The fourth-order valence-corrected chi connectivity index (χ4v) is 1.50. The van der Waals surface area contributed by atoms with Gasteiger partial charge in [-0.1, -0.05) is 0 Å². The molecular formula is C9H12F2N2O2S. The highest BCUT2D eigenvalue weighted by Gasteiger charge is 2.08. The van der Waals surface area contributed by atoms with Gasteiger partial charge in [0.1, 0.15) is 11.6 Å². The van der Waals surface area contributed by atoms with Gasteiger partial charge in [0.25, 0.3) is 0 Å². The minimum absolute atomic E-state index is 0.0712. The first-order valence-corrected chi connectivity index (χ1v) is 6.21. The van der Waals surface area contributed by atoms with Crippen molar-refractivity contribution in [1.29, 1.82) is 0 Å². The molecular weight excluding hydrogens is 238 g/mol. The number of hydrogen-bond acceptors (Lipinski definition) is 3. The Morgan fingerprint density at radius 3 is 2.50 bits per heavy atom. The minimum atomic E-state index is -3.60. The Morgan fingerprint density at radius 2 is 1.94 bits per heavy atom. The highest BCUT2D eigenvalue weighted by molar-refractivity contribution is 7.89. The second-order valence-corrected chi connectivity index (χ2v) is 5.11. The number of aryl methyl sites for hydroxylation is 1. The van der Waals surface area contributed by atoms with Gasteiger partial charge < -0.3 is 5.32 Å². The maximum Gasteiger partial charge on any atom is 0.210 e. The second-order valence-electron chi connectivity index (χ2n) is 3.37. The third-order valence-electron chi connectivity index (χ3n) is 1.95. The molecule has 0 spiro atoms. The Bertz CT molecular complexity index is 489. The number of nitrogens with one attached hydrogen (secondary N) is 1. The van der Waals surface area contributed by atoms with Crippen LogP contribution in [-0.4, -0.2) is 20.7 Å². The van der Waals surface area contributed by atoms with Gasteiger partial charge in [-0.3, -0.25) is 0 Å². The first-order chi connectivity index (χ1) is 7.29. The summed E-state index contributed by atoms with van der Waals surface area (Å²) >= 11 is 0. The molecule has 0 aromatic heterocycles. The van der Waals surface area contributed by atoms with Crippen molar-refractivity contribution in [1.82, 2.24) is 0 Å². The zero-order valence-corrected chi connectivity index (χ0v) is 9.44. The zero-order chi connectivity index (χ0) is 12.3. The maximum absolute atomic E-state index is 13.2. The van der Waals surface area contributed by atoms with Gasteiger partial charge in [0, 0.05) is 12.6 Å². The fourth-order valence-electron chi connectivity index (χ4n) is 1.11. The van der Waals surface area contributed by atoms with E-state index < -0.39 is 21.7 Å². The molecule has 0 saturated heterocycles. The molecule has 1 aromatic rings. The summed E-state index contributed by atoms with van der Waals surface area (Å²) in [7, 11) is -3.60. The third-order valence-corrected chi connectivity index (χ3v) is 2.72. The number of sulfonamides is 1. The van der Waals surface area contributed by atoms with E-state index >= 15 is 0 Å². The van der Waals surface area contributed by atoms with Gasteiger partial charge in [0.15, 0.2) is 0 Å².